The van der Waals surface area contributed by atoms with Crippen LogP contribution in [0.2, 0.25) is 0 Å². The van der Waals surface area contributed by atoms with Crippen LogP contribution >= 0.6 is 11.8 Å². The van der Waals surface area contributed by atoms with Crippen LogP contribution in [0.1, 0.15) is 23.7 Å². The Morgan fingerprint density at radius 2 is 2.00 bits per heavy atom. The summed E-state index contributed by atoms with van der Waals surface area (Å²) in [7, 11) is 2.93. The molecule has 1 N–H and O–H groups in total. The zero-order valence-corrected chi connectivity index (χ0v) is 17.8. The number of amides is 2. The first-order valence-corrected chi connectivity index (χ1v) is 10.5. The summed E-state index contributed by atoms with van der Waals surface area (Å²) >= 11 is 1.56. The molecule has 158 valence electrons. The third-order valence-corrected chi connectivity index (χ3v) is 6.13. The number of nitrogens with zero attached hydrogens (tertiary/aromatic N) is 2. The molecule has 1 aromatic rings. The number of aliphatic hydroxyl groups is 1. The molecule has 2 heterocycles. The fourth-order valence-corrected chi connectivity index (χ4v) is 3.76. The number of anilines is 1. The van der Waals surface area contributed by atoms with Crippen molar-refractivity contribution in [3.8, 4) is 11.5 Å². The van der Waals surface area contributed by atoms with Crippen LogP contribution < -0.4 is 14.4 Å². The number of fused-ring (bicyclic) bond motifs is 2. The summed E-state index contributed by atoms with van der Waals surface area (Å²) in [4.78, 5) is 28.9. The standard InChI is InChI=1S/C20H26N2O6S/c1-11-6-15-19(24)22(20(25)28-10-12(2)29-5)14-8-17(27-4)16(26-3)7-13(14)18(23)21(15)9-11/h7-8,12,15,19,24H,1,6,9-10H2,2-5H3/t12-,15-,19?/m0/s1. The number of methoxy groups -OCH3 is 2. The summed E-state index contributed by atoms with van der Waals surface area (Å²) in [6.45, 7) is 6.39. The Morgan fingerprint density at radius 3 is 2.62 bits per heavy atom. The summed E-state index contributed by atoms with van der Waals surface area (Å²) in [6.07, 6.45) is 0.320. The van der Waals surface area contributed by atoms with Crippen molar-refractivity contribution in [2.45, 2.75) is 30.9 Å². The highest BCUT2D eigenvalue weighted by Crippen LogP contribution is 2.41. The van der Waals surface area contributed by atoms with Gasteiger partial charge in [0.05, 0.1) is 31.5 Å². The van der Waals surface area contributed by atoms with Gasteiger partial charge in [0.2, 0.25) is 0 Å². The van der Waals surface area contributed by atoms with Crippen LogP contribution in [0.5, 0.6) is 11.5 Å². The van der Waals surface area contributed by atoms with E-state index in [1.807, 2.05) is 13.2 Å². The van der Waals surface area contributed by atoms with Gasteiger partial charge in [-0.2, -0.15) is 11.8 Å². The van der Waals surface area contributed by atoms with Gasteiger partial charge in [0, 0.05) is 17.9 Å². The van der Waals surface area contributed by atoms with E-state index in [1.54, 1.807) is 11.8 Å². The molecule has 2 aliphatic heterocycles. The zero-order valence-electron chi connectivity index (χ0n) is 17.0. The van der Waals surface area contributed by atoms with Crippen LogP contribution in [0.3, 0.4) is 0 Å². The number of hydrogen-bond acceptors (Lipinski definition) is 7. The van der Waals surface area contributed by atoms with E-state index < -0.39 is 18.4 Å². The van der Waals surface area contributed by atoms with E-state index in [1.165, 1.54) is 31.3 Å². The van der Waals surface area contributed by atoms with E-state index in [0.717, 1.165) is 10.5 Å². The van der Waals surface area contributed by atoms with Gasteiger partial charge in [0.25, 0.3) is 5.91 Å². The predicted octanol–water partition coefficient (Wildman–Crippen LogP) is 2.50. The number of rotatable bonds is 5. The number of hydrogen-bond donors (Lipinski definition) is 1. The monoisotopic (exact) mass is 422 g/mol. The molecule has 0 radical (unpaired) electrons. The van der Waals surface area contributed by atoms with Crippen molar-refractivity contribution < 1.29 is 28.9 Å². The molecule has 2 aliphatic rings. The molecule has 1 aromatic carbocycles. The molecule has 0 saturated carbocycles. The second kappa shape index (κ2) is 8.54. The normalized spacial score (nSPS) is 22.0. The third kappa shape index (κ3) is 3.89. The van der Waals surface area contributed by atoms with E-state index in [-0.39, 0.29) is 29.0 Å². The number of aliphatic hydroxyl groups excluding tert-OH is 1. The molecule has 1 unspecified atom stereocenters. The van der Waals surface area contributed by atoms with Crippen molar-refractivity contribution in [2.24, 2.45) is 0 Å². The summed E-state index contributed by atoms with van der Waals surface area (Å²) in [5.41, 5.74) is 1.27. The van der Waals surface area contributed by atoms with Gasteiger partial charge in [-0.25, -0.2) is 9.69 Å². The van der Waals surface area contributed by atoms with Gasteiger partial charge in [-0.15, -0.1) is 0 Å². The lowest BCUT2D eigenvalue weighted by Gasteiger charge is -2.31. The van der Waals surface area contributed by atoms with Crippen molar-refractivity contribution in [3.63, 3.8) is 0 Å². The third-order valence-electron chi connectivity index (χ3n) is 5.19. The quantitative estimate of drug-likeness (QED) is 0.730. The Bertz CT molecular complexity index is 829. The highest BCUT2D eigenvalue weighted by molar-refractivity contribution is 7.99. The molecule has 2 amide bonds. The molecule has 3 atom stereocenters. The molecule has 1 fully saturated rings. The van der Waals surface area contributed by atoms with Crippen LogP contribution in [0.4, 0.5) is 10.5 Å². The fraction of sp³-hybridized carbons (Fsp3) is 0.500. The van der Waals surface area contributed by atoms with Crippen molar-refractivity contribution in [3.05, 3.63) is 29.8 Å². The molecule has 0 spiro atoms. The minimum absolute atomic E-state index is 0.0948. The number of carbonyl (C=O) groups is 2. The first-order chi connectivity index (χ1) is 13.8. The van der Waals surface area contributed by atoms with Crippen molar-refractivity contribution in [2.75, 3.05) is 38.5 Å². The minimum Gasteiger partial charge on any atom is -0.493 e. The van der Waals surface area contributed by atoms with Gasteiger partial charge >= 0.3 is 6.09 Å². The predicted molar refractivity (Wildman–Crippen MR) is 111 cm³/mol. The molecule has 0 aliphatic carbocycles. The summed E-state index contributed by atoms with van der Waals surface area (Å²) < 4.78 is 16.1. The van der Waals surface area contributed by atoms with Crippen LogP contribution in [0, 0.1) is 0 Å². The average Bonchev–Trinajstić information content (AvgIpc) is 3.09. The first-order valence-electron chi connectivity index (χ1n) is 9.22. The molecule has 0 bridgehead atoms. The molecule has 8 nitrogen and oxygen atoms in total. The highest BCUT2D eigenvalue weighted by Gasteiger charge is 2.46. The van der Waals surface area contributed by atoms with E-state index in [2.05, 4.69) is 6.58 Å². The topological polar surface area (TPSA) is 88.5 Å². The Labute approximate surface area is 174 Å². The van der Waals surface area contributed by atoms with Crippen LogP contribution in [-0.4, -0.2) is 73.2 Å². The summed E-state index contributed by atoms with van der Waals surface area (Å²) in [5, 5.41) is 11.2. The van der Waals surface area contributed by atoms with Gasteiger partial charge in [-0.3, -0.25) is 4.79 Å². The number of carbonyl (C=O) groups excluding carboxylic acids is 2. The van der Waals surface area contributed by atoms with Crippen molar-refractivity contribution >= 4 is 29.4 Å². The smallest absolute Gasteiger partial charge is 0.416 e. The maximum atomic E-state index is 13.3. The lowest BCUT2D eigenvalue weighted by atomic mass is 10.1. The maximum Gasteiger partial charge on any atom is 0.416 e. The number of ether oxygens (including phenoxy) is 3. The molecule has 1 saturated heterocycles. The molecular formula is C20H26N2O6S. The SMILES string of the molecule is C=C1C[C@H]2C(O)N(C(=O)OC[C@H](C)SC)c3cc(OC)c(OC)cc3C(=O)N2C1. The van der Waals surface area contributed by atoms with Crippen LogP contribution in [-0.2, 0) is 4.74 Å². The van der Waals surface area contributed by atoms with E-state index in [9.17, 15) is 14.7 Å². The van der Waals surface area contributed by atoms with Gasteiger partial charge in [0.15, 0.2) is 17.7 Å². The number of benzene rings is 1. The second-order valence-corrected chi connectivity index (χ2v) is 8.36. The van der Waals surface area contributed by atoms with E-state index in [0.29, 0.717) is 24.5 Å². The number of thioether (sulfide) groups is 1. The molecular weight excluding hydrogens is 396 g/mol. The molecule has 29 heavy (non-hydrogen) atoms. The lowest BCUT2D eigenvalue weighted by molar-refractivity contribution is 0.0491. The first kappa shape index (κ1) is 21.3. The van der Waals surface area contributed by atoms with E-state index in [4.69, 9.17) is 14.2 Å². The Hall–Kier alpha value is -2.39. The average molecular weight is 423 g/mol. The van der Waals surface area contributed by atoms with Crippen molar-refractivity contribution in [1.29, 1.82) is 0 Å². The summed E-state index contributed by atoms with van der Waals surface area (Å²) in [6, 6.07) is 2.44. The summed E-state index contributed by atoms with van der Waals surface area (Å²) in [5.74, 6) is 0.388. The lowest BCUT2D eigenvalue weighted by Crippen LogP contribution is -2.51. The Kier molecular flexibility index (Phi) is 6.28. The maximum absolute atomic E-state index is 13.3. The van der Waals surface area contributed by atoms with Crippen LogP contribution in [0.15, 0.2) is 24.3 Å². The van der Waals surface area contributed by atoms with Gasteiger partial charge < -0.3 is 24.2 Å². The second-order valence-electron chi connectivity index (χ2n) is 7.09. The Balaban J connectivity index is 2.10. The Morgan fingerprint density at radius 1 is 1.34 bits per heavy atom. The van der Waals surface area contributed by atoms with Crippen LogP contribution in [0.25, 0.3) is 0 Å². The largest absolute Gasteiger partial charge is 0.493 e. The van der Waals surface area contributed by atoms with E-state index >= 15 is 0 Å². The van der Waals surface area contributed by atoms with Crippen molar-refractivity contribution in [1.82, 2.24) is 4.90 Å². The van der Waals surface area contributed by atoms with Gasteiger partial charge in [-0.05, 0) is 18.7 Å². The highest BCUT2D eigenvalue weighted by atomic mass is 32.2. The zero-order chi connectivity index (χ0) is 21.3. The minimum atomic E-state index is -1.28. The molecule has 0 aromatic heterocycles. The van der Waals surface area contributed by atoms with Gasteiger partial charge in [0.1, 0.15) is 6.61 Å². The molecule has 3 rings (SSSR count). The fourth-order valence-electron chi connectivity index (χ4n) is 3.56. The van der Waals surface area contributed by atoms with Gasteiger partial charge in [-0.1, -0.05) is 19.1 Å². The molecule has 9 heteroatoms.